The van der Waals surface area contributed by atoms with Gasteiger partial charge in [-0.05, 0) is 30.5 Å². The highest BCUT2D eigenvalue weighted by Crippen LogP contribution is 2.25. The smallest absolute Gasteiger partial charge is 0.248 e. The number of amides is 2. The fraction of sp³-hybridized carbons (Fsp3) is 0.556. The summed E-state index contributed by atoms with van der Waals surface area (Å²) in [5.74, 6) is 0.0879. The van der Waals surface area contributed by atoms with Crippen LogP contribution in [0, 0.1) is 11.7 Å². The molecular formula is C18H23FN2O3. The van der Waals surface area contributed by atoms with Crippen LogP contribution in [0.4, 0.5) is 4.39 Å². The van der Waals surface area contributed by atoms with Gasteiger partial charge in [0.05, 0.1) is 12.6 Å². The lowest BCUT2D eigenvalue weighted by atomic mass is 9.91. The predicted molar refractivity (Wildman–Crippen MR) is 86.8 cm³/mol. The molecule has 0 spiro atoms. The maximum Gasteiger partial charge on any atom is 0.248 e. The van der Waals surface area contributed by atoms with Crippen LogP contribution in [-0.2, 0) is 20.7 Å². The lowest BCUT2D eigenvalue weighted by Gasteiger charge is -2.41. The Bertz CT molecular complexity index is 605. The summed E-state index contributed by atoms with van der Waals surface area (Å²) in [5.41, 5.74) is 0.954. The van der Waals surface area contributed by atoms with Crippen LogP contribution >= 0.6 is 0 Å². The van der Waals surface area contributed by atoms with Crippen molar-refractivity contribution >= 4 is 11.8 Å². The molecule has 2 amide bonds. The SMILES string of the molecule is CN1C(=O)COC[C@@H]2CCN(C(=O)CCc3ccc(F)cc3)C[C@@H]21. The number of nitrogens with zero attached hydrogens (tertiary/aromatic N) is 2. The minimum atomic E-state index is -0.268. The van der Waals surface area contributed by atoms with Gasteiger partial charge in [0.2, 0.25) is 11.8 Å². The van der Waals surface area contributed by atoms with Gasteiger partial charge in [-0.25, -0.2) is 4.39 Å². The summed E-state index contributed by atoms with van der Waals surface area (Å²) in [5, 5.41) is 0. The molecule has 0 saturated carbocycles. The Morgan fingerprint density at radius 3 is 2.83 bits per heavy atom. The second-order valence-electron chi connectivity index (χ2n) is 6.60. The predicted octanol–water partition coefficient (Wildman–Crippen LogP) is 1.46. The first-order valence-corrected chi connectivity index (χ1v) is 8.40. The van der Waals surface area contributed by atoms with Gasteiger partial charge in [0, 0.05) is 32.5 Å². The van der Waals surface area contributed by atoms with Crippen LogP contribution in [0.3, 0.4) is 0 Å². The van der Waals surface area contributed by atoms with Crippen molar-refractivity contribution in [3.8, 4) is 0 Å². The number of benzene rings is 1. The number of hydrogen-bond acceptors (Lipinski definition) is 3. The third-order valence-corrected chi connectivity index (χ3v) is 5.06. The average Bonchev–Trinajstić information content (AvgIpc) is 2.73. The second-order valence-corrected chi connectivity index (χ2v) is 6.60. The van der Waals surface area contributed by atoms with Crippen LogP contribution in [0.5, 0.6) is 0 Å². The number of rotatable bonds is 3. The number of aryl methyl sites for hydroxylation is 1. The molecule has 24 heavy (non-hydrogen) atoms. The first-order valence-electron chi connectivity index (χ1n) is 8.40. The number of halogens is 1. The Morgan fingerprint density at radius 2 is 2.08 bits per heavy atom. The van der Waals surface area contributed by atoms with E-state index in [0.29, 0.717) is 38.5 Å². The summed E-state index contributed by atoms with van der Waals surface area (Å²) < 4.78 is 18.4. The summed E-state index contributed by atoms with van der Waals surface area (Å²) in [4.78, 5) is 28.0. The van der Waals surface area contributed by atoms with Gasteiger partial charge in [-0.15, -0.1) is 0 Å². The van der Waals surface area contributed by atoms with E-state index >= 15 is 0 Å². The monoisotopic (exact) mass is 334 g/mol. The Hall–Kier alpha value is -1.95. The number of piperidine rings is 1. The third kappa shape index (κ3) is 3.75. The van der Waals surface area contributed by atoms with Crippen LogP contribution in [0.15, 0.2) is 24.3 Å². The largest absolute Gasteiger partial charge is 0.371 e. The molecule has 0 aliphatic carbocycles. The zero-order valence-corrected chi connectivity index (χ0v) is 13.9. The van der Waals surface area contributed by atoms with Crippen LogP contribution in [0.25, 0.3) is 0 Å². The molecule has 130 valence electrons. The molecule has 2 saturated heterocycles. The van der Waals surface area contributed by atoms with Gasteiger partial charge in [0.25, 0.3) is 0 Å². The minimum absolute atomic E-state index is 0.0249. The molecule has 0 aromatic heterocycles. The molecule has 2 fully saturated rings. The van der Waals surface area contributed by atoms with Gasteiger partial charge in [-0.1, -0.05) is 12.1 Å². The number of fused-ring (bicyclic) bond motifs is 1. The average molecular weight is 334 g/mol. The molecule has 1 aromatic rings. The normalized spacial score (nSPS) is 24.5. The van der Waals surface area contributed by atoms with Crippen LogP contribution in [-0.4, -0.2) is 61.0 Å². The number of hydrogen-bond donors (Lipinski definition) is 0. The summed E-state index contributed by atoms with van der Waals surface area (Å²) in [6.07, 6.45) is 1.85. The molecule has 5 nitrogen and oxygen atoms in total. The van der Waals surface area contributed by atoms with Crippen LogP contribution in [0.2, 0.25) is 0 Å². The maximum atomic E-state index is 12.9. The summed E-state index contributed by atoms with van der Waals surface area (Å²) in [7, 11) is 1.79. The molecule has 3 rings (SSSR count). The maximum absolute atomic E-state index is 12.9. The lowest BCUT2D eigenvalue weighted by Crippen LogP contribution is -2.54. The van der Waals surface area contributed by atoms with Crippen molar-refractivity contribution in [1.82, 2.24) is 9.80 Å². The number of carbonyl (C=O) groups is 2. The van der Waals surface area contributed by atoms with Crippen molar-refractivity contribution in [3.05, 3.63) is 35.6 Å². The van der Waals surface area contributed by atoms with Gasteiger partial charge in [0.1, 0.15) is 12.4 Å². The van der Waals surface area contributed by atoms with E-state index in [1.165, 1.54) is 12.1 Å². The Balaban J connectivity index is 1.57. The highest BCUT2D eigenvalue weighted by molar-refractivity contribution is 5.79. The van der Waals surface area contributed by atoms with Gasteiger partial charge in [0.15, 0.2) is 0 Å². The van der Waals surface area contributed by atoms with Crippen LogP contribution < -0.4 is 0 Å². The molecule has 2 atom stereocenters. The number of likely N-dealkylation sites (N-methyl/N-ethyl adjacent to an activating group) is 1. The Kier molecular flexibility index (Phi) is 5.14. The molecule has 2 heterocycles. The number of likely N-dealkylation sites (tertiary alicyclic amines) is 1. The topological polar surface area (TPSA) is 49.9 Å². The molecule has 0 radical (unpaired) electrons. The fourth-order valence-electron chi connectivity index (χ4n) is 3.48. The van der Waals surface area contributed by atoms with Crippen LogP contribution in [0.1, 0.15) is 18.4 Å². The standard InChI is InChI=1S/C18H23FN2O3/c1-20-16-10-21(9-8-14(16)11-24-12-18(20)23)17(22)7-4-13-2-5-15(19)6-3-13/h2-3,5-6,14,16H,4,7-12H2,1H3/t14-,16-/m0/s1. The van der Waals surface area contributed by atoms with Gasteiger partial charge < -0.3 is 14.5 Å². The summed E-state index contributed by atoms with van der Waals surface area (Å²) in [6.45, 7) is 1.98. The van der Waals surface area contributed by atoms with E-state index in [-0.39, 0.29) is 30.3 Å². The van der Waals surface area contributed by atoms with E-state index in [1.54, 1.807) is 24.1 Å². The molecule has 2 aliphatic heterocycles. The Labute approximate surface area is 141 Å². The molecule has 0 N–H and O–H groups in total. The first kappa shape index (κ1) is 16.9. The molecule has 0 unspecified atom stereocenters. The van der Waals surface area contributed by atoms with Crippen molar-refractivity contribution in [3.63, 3.8) is 0 Å². The minimum Gasteiger partial charge on any atom is -0.371 e. The van der Waals surface area contributed by atoms with Gasteiger partial charge >= 0.3 is 0 Å². The van der Waals surface area contributed by atoms with E-state index in [1.807, 2.05) is 4.90 Å². The van der Waals surface area contributed by atoms with Crippen molar-refractivity contribution in [2.75, 3.05) is 33.4 Å². The number of carbonyl (C=O) groups excluding carboxylic acids is 2. The summed E-state index contributed by atoms with van der Waals surface area (Å²) >= 11 is 0. The van der Waals surface area contributed by atoms with E-state index < -0.39 is 0 Å². The molecule has 1 aromatic carbocycles. The Morgan fingerprint density at radius 1 is 1.33 bits per heavy atom. The van der Waals surface area contributed by atoms with E-state index in [9.17, 15) is 14.0 Å². The van der Waals surface area contributed by atoms with E-state index in [0.717, 1.165) is 12.0 Å². The zero-order valence-electron chi connectivity index (χ0n) is 13.9. The molecule has 0 bridgehead atoms. The van der Waals surface area contributed by atoms with Crippen molar-refractivity contribution in [1.29, 1.82) is 0 Å². The van der Waals surface area contributed by atoms with Crippen molar-refractivity contribution in [2.45, 2.75) is 25.3 Å². The molecule has 6 heteroatoms. The second kappa shape index (κ2) is 7.30. The first-order chi connectivity index (χ1) is 11.5. The molecular weight excluding hydrogens is 311 g/mol. The van der Waals surface area contributed by atoms with Crippen molar-refractivity contribution < 1.29 is 18.7 Å². The van der Waals surface area contributed by atoms with E-state index in [4.69, 9.17) is 4.74 Å². The third-order valence-electron chi connectivity index (χ3n) is 5.06. The van der Waals surface area contributed by atoms with Gasteiger partial charge in [-0.2, -0.15) is 0 Å². The van der Waals surface area contributed by atoms with Crippen molar-refractivity contribution in [2.24, 2.45) is 5.92 Å². The lowest BCUT2D eigenvalue weighted by molar-refractivity contribution is -0.139. The van der Waals surface area contributed by atoms with Gasteiger partial charge in [-0.3, -0.25) is 9.59 Å². The number of ether oxygens (including phenoxy) is 1. The van der Waals surface area contributed by atoms with E-state index in [2.05, 4.69) is 0 Å². The quantitative estimate of drug-likeness (QED) is 0.841. The zero-order chi connectivity index (χ0) is 17.1. The summed E-state index contributed by atoms with van der Waals surface area (Å²) in [6, 6.07) is 6.28. The highest BCUT2D eigenvalue weighted by Gasteiger charge is 2.37. The molecule has 2 aliphatic rings. The highest BCUT2D eigenvalue weighted by atomic mass is 19.1. The fourth-order valence-corrected chi connectivity index (χ4v) is 3.48.